The van der Waals surface area contributed by atoms with Gasteiger partial charge in [0.25, 0.3) is 0 Å². The largest absolute Gasteiger partial charge is 0.390 e. The van der Waals surface area contributed by atoms with E-state index >= 15 is 0 Å². The molecule has 0 spiro atoms. The maximum absolute atomic E-state index is 12.2. The Bertz CT molecular complexity index is 721. The number of hydrogen-bond acceptors (Lipinski definition) is 2. The Labute approximate surface area is 138 Å². The minimum absolute atomic E-state index is 0.395. The maximum atomic E-state index is 12.2. The summed E-state index contributed by atoms with van der Waals surface area (Å²) in [6.45, 7) is 0. The first-order chi connectivity index (χ1) is 10.5. The average Bonchev–Trinajstić information content (AvgIpc) is 2.79. The van der Waals surface area contributed by atoms with E-state index in [0.29, 0.717) is 22.2 Å². The molecule has 22 heavy (non-hydrogen) atoms. The van der Waals surface area contributed by atoms with Gasteiger partial charge in [0.1, 0.15) is 0 Å². The van der Waals surface area contributed by atoms with E-state index in [1.54, 1.807) is 18.2 Å². The van der Waals surface area contributed by atoms with E-state index in [0.717, 1.165) is 11.1 Å². The van der Waals surface area contributed by atoms with Gasteiger partial charge in [0.2, 0.25) is 0 Å². The summed E-state index contributed by atoms with van der Waals surface area (Å²) in [5, 5.41) is 16.4. The van der Waals surface area contributed by atoms with Gasteiger partial charge in [-0.2, -0.15) is 0 Å². The van der Waals surface area contributed by atoms with Crippen LogP contribution >= 0.6 is 23.2 Å². The lowest BCUT2D eigenvalue weighted by atomic mass is 10.1. The fourth-order valence-corrected chi connectivity index (χ4v) is 2.98. The van der Waals surface area contributed by atoms with Crippen molar-refractivity contribution < 1.29 is 9.90 Å². The summed E-state index contributed by atoms with van der Waals surface area (Å²) in [5.41, 5.74) is 2.40. The third kappa shape index (κ3) is 3.04. The second kappa shape index (κ2) is 6.16. The van der Waals surface area contributed by atoms with Gasteiger partial charge in [-0.25, -0.2) is 4.79 Å². The lowest BCUT2D eigenvalue weighted by Crippen LogP contribution is -2.36. The van der Waals surface area contributed by atoms with Gasteiger partial charge in [0.05, 0.1) is 22.9 Å². The van der Waals surface area contributed by atoms with Gasteiger partial charge in [-0.15, -0.1) is 0 Å². The van der Waals surface area contributed by atoms with Crippen LogP contribution in [-0.4, -0.2) is 17.2 Å². The fraction of sp³-hybridized carbons (Fsp3) is 0.188. The quantitative estimate of drug-likeness (QED) is 0.781. The molecule has 4 nitrogen and oxygen atoms in total. The molecule has 0 saturated carbocycles. The zero-order chi connectivity index (χ0) is 15.7. The maximum Gasteiger partial charge on any atom is 0.319 e. The lowest BCUT2D eigenvalue weighted by Gasteiger charge is -2.18. The van der Waals surface area contributed by atoms with Crippen LogP contribution in [0.3, 0.4) is 0 Å². The second-order valence-corrected chi connectivity index (χ2v) is 6.01. The molecule has 114 valence electrons. The van der Waals surface area contributed by atoms with Crippen LogP contribution in [0.4, 0.5) is 10.5 Å². The summed E-state index contributed by atoms with van der Waals surface area (Å²) in [4.78, 5) is 12.2. The van der Waals surface area contributed by atoms with Crippen LogP contribution in [-0.2, 0) is 6.42 Å². The summed E-state index contributed by atoms with van der Waals surface area (Å²) < 4.78 is 0. The summed E-state index contributed by atoms with van der Waals surface area (Å²) in [7, 11) is 0. The van der Waals surface area contributed by atoms with Crippen molar-refractivity contribution >= 4 is 34.9 Å². The first kappa shape index (κ1) is 15.2. The van der Waals surface area contributed by atoms with Crippen LogP contribution in [0.5, 0.6) is 0 Å². The molecular weight excluding hydrogens is 323 g/mol. The van der Waals surface area contributed by atoms with Crippen LogP contribution < -0.4 is 10.6 Å². The molecule has 0 radical (unpaired) electrons. The first-order valence-electron chi connectivity index (χ1n) is 6.83. The van der Waals surface area contributed by atoms with E-state index in [4.69, 9.17) is 23.2 Å². The number of carbonyl (C=O) groups is 1. The summed E-state index contributed by atoms with van der Waals surface area (Å²) >= 11 is 11.9. The number of carbonyl (C=O) groups excluding carboxylic acids is 1. The molecule has 0 aromatic heterocycles. The van der Waals surface area contributed by atoms with Gasteiger partial charge < -0.3 is 15.7 Å². The Morgan fingerprint density at radius 1 is 1.18 bits per heavy atom. The average molecular weight is 337 g/mol. The van der Waals surface area contributed by atoms with Crippen molar-refractivity contribution in [2.45, 2.75) is 18.6 Å². The van der Waals surface area contributed by atoms with Gasteiger partial charge >= 0.3 is 6.03 Å². The Balaban J connectivity index is 1.73. The molecule has 3 rings (SSSR count). The number of urea groups is 1. The number of fused-ring (bicyclic) bond motifs is 1. The van der Waals surface area contributed by atoms with E-state index in [9.17, 15) is 9.90 Å². The van der Waals surface area contributed by atoms with Crippen LogP contribution in [0.2, 0.25) is 10.0 Å². The van der Waals surface area contributed by atoms with Gasteiger partial charge in [-0.05, 0) is 29.3 Å². The van der Waals surface area contributed by atoms with Gasteiger partial charge in [-0.1, -0.05) is 47.5 Å². The topological polar surface area (TPSA) is 61.4 Å². The normalized spacial score (nSPS) is 19.6. The number of hydrogen-bond donors (Lipinski definition) is 3. The molecule has 0 heterocycles. The van der Waals surface area contributed by atoms with E-state index < -0.39 is 18.2 Å². The summed E-state index contributed by atoms with van der Waals surface area (Å²) in [6.07, 6.45) is -0.114. The van der Waals surface area contributed by atoms with Gasteiger partial charge in [0.15, 0.2) is 0 Å². The lowest BCUT2D eigenvalue weighted by molar-refractivity contribution is 0.144. The molecule has 0 saturated heterocycles. The minimum atomic E-state index is -0.641. The van der Waals surface area contributed by atoms with Crippen molar-refractivity contribution in [2.75, 3.05) is 5.32 Å². The second-order valence-electron chi connectivity index (χ2n) is 5.17. The molecule has 0 bridgehead atoms. The molecule has 1 aliphatic carbocycles. The van der Waals surface area contributed by atoms with E-state index in [2.05, 4.69) is 10.6 Å². The number of rotatable bonds is 2. The van der Waals surface area contributed by atoms with Crippen molar-refractivity contribution in [3.63, 3.8) is 0 Å². The van der Waals surface area contributed by atoms with E-state index in [-0.39, 0.29) is 0 Å². The van der Waals surface area contributed by atoms with Crippen LogP contribution in [0.25, 0.3) is 0 Å². The molecule has 2 aromatic rings. The number of nitrogens with one attached hydrogen (secondary N) is 2. The molecule has 0 aliphatic heterocycles. The predicted molar refractivity (Wildman–Crippen MR) is 87.5 cm³/mol. The standard InChI is InChI=1S/C16H14Cl2N2O2/c17-10-5-6-12(18)13(8-10)19-16(22)20-15-11-4-2-1-3-9(11)7-14(15)21/h1-6,8,14-15,21H,7H2,(H2,19,20,22)/t14-,15+/m0/s1. The highest BCUT2D eigenvalue weighted by atomic mass is 35.5. The molecule has 2 atom stereocenters. The molecule has 0 unspecified atom stereocenters. The number of aliphatic hydroxyl groups is 1. The zero-order valence-electron chi connectivity index (χ0n) is 11.5. The van der Waals surface area contributed by atoms with Crippen molar-refractivity contribution in [1.82, 2.24) is 5.32 Å². The molecule has 6 heteroatoms. The summed E-state index contributed by atoms with van der Waals surface area (Å²) in [5.74, 6) is 0. The van der Waals surface area contributed by atoms with Crippen molar-refractivity contribution in [3.8, 4) is 0 Å². The predicted octanol–water partition coefficient (Wildman–Crippen LogP) is 3.77. The smallest absolute Gasteiger partial charge is 0.319 e. The number of aliphatic hydroxyl groups excluding tert-OH is 1. The molecule has 2 aromatic carbocycles. The monoisotopic (exact) mass is 336 g/mol. The molecule has 1 aliphatic rings. The highest BCUT2D eigenvalue weighted by Gasteiger charge is 2.31. The van der Waals surface area contributed by atoms with E-state index in [1.165, 1.54) is 0 Å². The number of benzene rings is 2. The van der Waals surface area contributed by atoms with Crippen molar-refractivity contribution in [2.24, 2.45) is 0 Å². The van der Waals surface area contributed by atoms with Crippen LogP contribution in [0, 0.1) is 0 Å². The third-order valence-corrected chi connectivity index (χ3v) is 4.23. The Kier molecular flexibility index (Phi) is 4.25. The Hall–Kier alpha value is -1.75. The fourth-order valence-electron chi connectivity index (χ4n) is 2.64. The number of halogens is 2. The number of anilines is 1. The van der Waals surface area contributed by atoms with Crippen molar-refractivity contribution in [1.29, 1.82) is 0 Å². The van der Waals surface area contributed by atoms with Crippen LogP contribution in [0.1, 0.15) is 17.2 Å². The highest BCUT2D eigenvalue weighted by molar-refractivity contribution is 6.35. The van der Waals surface area contributed by atoms with Gasteiger partial charge in [0, 0.05) is 11.4 Å². The number of amides is 2. The molecular formula is C16H14Cl2N2O2. The summed E-state index contributed by atoms with van der Waals surface area (Å²) in [6, 6.07) is 11.6. The first-order valence-corrected chi connectivity index (χ1v) is 7.58. The van der Waals surface area contributed by atoms with Crippen molar-refractivity contribution in [3.05, 3.63) is 63.6 Å². The molecule has 2 amide bonds. The zero-order valence-corrected chi connectivity index (χ0v) is 13.0. The van der Waals surface area contributed by atoms with E-state index in [1.807, 2.05) is 24.3 Å². The molecule has 3 N–H and O–H groups in total. The third-order valence-electron chi connectivity index (χ3n) is 3.67. The molecule has 0 fully saturated rings. The highest BCUT2D eigenvalue weighted by Crippen LogP contribution is 2.31. The SMILES string of the molecule is O=C(Nc1cc(Cl)ccc1Cl)N[C@@H]1c2ccccc2C[C@@H]1O. The minimum Gasteiger partial charge on any atom is -0.390 e. The van der Waals surface area contributed by atoms with Gasteiger partial charge in [-0.3, -0.25) is 0 Å². The van der Waals surface area contributed by atoms with Crippen LogP contribution in [0.15, 0.2) is 42.5 Å². The Morgan fingerprint density at radius 2 is 1.95 bits per heavy atom. The Morgan fingerprint density at radius 3 is 2.77 bits per heavy atom.